The van der Waals surface area contributed by atoms with Gasteiger partial charge in [-0.15, -0.1) is 0 Å². The Morgan fingerprint density at radius 2 is 2.27 bits per heavy atom. The van der Waals surface area contributed by atoms with Crippen LogP contribution in [0.25, 0.3) is 5.08 Å². The molecule has 0 spiro atoms. The van der Waals surface area contributed by atoms with Crippen LogP contribution >= 0.6 is 0 Å². The fraction of sp³-hybridized carbons (Fsp3) is 0.143. The van der Waals surface area contributed by atoms with E-state index in [9.17, 15) is 4.48 Å². The van der Waals surface area contributed by atoms with Gasteiger partial charge in [0.1, 0.15) is 0 Å². The molecule has 0 heterocycles. The molecule has 0 fully saturated rings. The maximum atomic E-state index is 12.5. The fourth-order valence-corrected chi connectivity index (χ4v) is 0.794. The minimum absolute atomic E-state index is 0.0903. The average Bonchev–Trinajstić information content (AvgIpc) is 2.03. The maximum Gasteiger partial charge on any atom is 0.344 e. The van der Waals surface area contributed by atoms with Crippen molar-refractivity contribution in [1.29, 1.82) is 5.39 Å². The Balaban J connectivity index is 2.98. The molecule has 4 heteroatoms. The highest BCUT2D eigenvalue weighted by atomic mass is 19.2. The molecule has 0 amide bonds. The minimum Gasteiger partial charge on any atom is -0.0596 e. The topological polar surface area (TPSA) is 31.4 Å². The van der Waals surface area contributed by atoms with Gasteiger partial charge in [0, 0.05) is 0 Å². The SMILES string of the molecule is Cc1cccc(N(F)[N+]#N)c1. The molecular formula is C7H7FN3+. The van der Waals surface area contributed by atoms with E-state index >= 15 is 0 Å². The fourth-order valence-electron chi connectivity index (χ4n) is 0.794. The van der Waals surface area contributed by atoms with Crippen molar-refractivity contribution in [3.8, 4) is 0 Å². The van der Waals surface area contributed by atoms with E-state index in [1.165, 1.54) is 6.07 Å². The average molecular weight is 152 g/mol. The van der Waals surface area contributed by atoms with Gasteiger partial charge in [0.25, 0.3) is 5.39 Å². The van der Waals surface area contributed by atoms with Crippen LogP contribution in [0, 0.1) is 12.3 Å². The van der Waals surface area contributed by atoms with Crippen LogP contribution in [-0.4, -0.2) is 0 Å². The molecule has 0 unspecified atom stereocenters. The number of halogens is 1. The standard InChI is InChI=1S/C7H7FN3/c1-6-3-2-4-7(5-6)11(8)10-9/h2-5H,1H3/q+1. The summed E-state index contributed by atoms with van der Waals surface area (Å²) in [4.78, 5) is 0. The molecule has 0 atom stereocenters. The number of rotatable bonds is 1. The minimum atomic E-state index is -0.0903. The zero-order valence-electron chi connectivity index (χ0n) is 6.03. The van der Waals surface area contributed by atoms with Crippen molar-refractivity contribution >= 4 is 5.69 Å². The van der Waals surface area contributed by atoms with Crippen LogP contribution in [0.2, 0.25) is 0 Å². The summed E-state index contributed by atoms with van der Waals surface area (Å²) in [7, 11) is 0. The molecule has 11 heavy (non-hydrogen) atoms. The molecule has 0 saturated carbocycles. The molecular weight excluding hydrogens is 145 g/mol. The van der Waals surface area contributed by atoms with Crippen LogP contribution in [0.3, 0.4) is 0 Å². The Hall–Kier alpha value is -1.63. The van der Waals surface area contributed by atoms with Crippen molar-refractivity contribution in [3.05, 3.63) is 34.9 Å². The van der Waals surface area contributed by atoms with Gasteiger partial charge in [-0.05, 0) is 29.1 Å². The lowest BCUT2D eigenvalue weighted by Gasteiger charge is -1.93. The van der Waals surface area contributed by atoms with Gasteiger partial charge in [-0.3, -0.25) is 0 Å². The number of benzene rings is 1. The Morgan fingerprint density at radius 1 is 1.55 bits per heavy atom. The second kappa shape index (κ2) is 2.97. The van der Waals surface area contributed by atoms with Crippen LogP contribution in [0.5, 0.6) is 0 Å². The highest BCUT2D eigenvalue weighted by Gasteiger charge is 2.14. The first-order valence-electron chi connectivity index (χ1n) is 3.11. The van der Waals surface area contributed by atoms with Gasteiger partial charge in [0.15, 0.2) is 10.9 Å². The summed E-state index contributed by atoms with van der Waals surface area (Å²) in [6.07, 6.45) is 0. The van der Waals surface area contributed by atoms with Gasteiger partial charge < -0.3 is 0 Å². The van der Waals surface area contributed by atoms with E-state index in [0.29, 0.717) is 0 Å². The van der Waals surface area contributed by atoms with Crippen molar-refractivity contribution in [2.45, 2.75) is 6.92 Å². The molecule has 3 nitrogen and oxygen atoms in total. The predicted molar refractivity (Wildman–Crippen MR) is 39.9 cm³/mol. The third kappa shape index (κ3) is 1.64. The second-order valence-electron chi connectivity index (χ2n) is 2.19. The third-order valence-electron chi connectivity index (χ3n) is 1.29. The quantitative estimate of drug-likeness (QED) is 0.351. The lowest BCUT2D eigenvalue weighted by Crippen LogP contribution is -1.97. The van der Waals surface area contributed by atoms with Crippen LogP contribution in [-0.2, 0) is 0 Å². The van der Waals surface area contributed by atoms with E-state index in [-0.39, 0.29) is 10.9 Å². The lowest BCUT2D eigenvalue weighted by atomic mass is 10.2. The van der Waals surface area contributed by atoms with Crippen molar-refractivity contribution in [2.75, 3.05) is 5.23 Å². The molecule has 1 rings (SSSR count). The summed E-state index contributed by atoms with van der Waals surface area (Å²) < 4.78 is 12.5. The highest BCUT2D eigenvalue weighted by molar-refractivity contribution is 5.46. The summed E-state index contributed by atoms with van der Waals surface area (Å²) >= 11 is 0. The normalized spacial score (nSPS) is 8.82. The molecule has 56 valence electrons. The molecule has 0 bridgehead atoms. The van der Waals surface area contributed by atoms with Crippen molar-refractivity contribution < 1.29 is 4.48 Å². The molecule has 0 aliphatic rings. The molecule has 0 aliphatic carbocycles. The Labute approximate surface area is 63.6 Å². The highest BCUT2D eigenvalue weighted by Crippen LogP contribution is 2.15. The summed E-state index contributed by atoms with van der Waals surface area (Å²) in [5, 5.41) is 10.3. The van der Waals surface area contributed by atoms with E-state index in [4.69, 9.17) is 5.39 Å². The first kappa shape index (κ1) is 7.48. The van der Waals surface area contributed by atoms with Gasteiger partial charge in [-0.1, -0.05) is 12.1 Å². The number of anilines is 1. The summed E-state index contributed by atoms with van der Waals surface area (Å²) in [5.74, 6) is 0. The summed E-state index contributed by atoms with van der Waals surface area (Å²) in [5.41, 5.74) is 1.13. The predicted octanol–water partition coefficient (Wildman–Crippen LogP) is 2.45. The molecule has 1 aromatic carbocycles. The largest absolute Gasteiger partial charge is 0.344 e. The number of hydrogen-bond donors (Lipinski definition) is 0. The molecule has 0 aliphatic heterocycles. The summed E-state index contributed by atoms with van der Waals surface area (Å²) in [6, 6.07) is 6.59. The van der Waals surface area contributed by atoms with Gasteiger partial charge in [0.2, 0.25) is 0 Å². The second-order valence-corrected chi connectivity index (χ2v) is 2.19. The Morgan fingerprint density at radius 3 is 2.82 bits per heavy atom. The first-order chi connectivity index (χ1) is 5.24. The van der Waals surface area contributed by atoms with E-state index in [1.807, 2.05) is 13.0 Å². The Kier molecular flexibility index (Phi) is 2.02. The van der Waals surface area contributed by atoms with Gasteiger partial charge in [0.05, 0.1) is 0 Å². The number of aryl methyl sites for hydroxylation is 1. The van der Waals surface area contributed by atoms with Crippen LogP contribution in [0.1, 0.15) is 5.56 Å². The van der Waals surface area contributed by atoms with Crippen molar-refractivity contribution in [3.63, 3.8) is 0 Å². The maximum absolute atomic E-state index is 12.5. The monoisotopic (exact) mass is 152 g/mol. The Bertz CT molecular complexity index is 292. The van der Waals surface area contributed by atoms with Crippen LogP contribution in [0.4, 0.5) is 10.2 Å². The van der Waals surface area contributed by atoms with Gasteiger partial charge in [-0.2, -0.15) is 0 Å². The van der Waals surface area contributed by atoms with Crippen molar-refractivity contribution in [2.24, 2.45) is 0 Å². The number of nitrogens with zero attached hydrogens (tertiary/aromatic N) is 3. The molecule has 0 radical (unpaired) electrons. The van der Waals surface area contributed by atoms with E-state index in [2.05, 4.69) is 5.08 Å². The molecule has 0 N–H and O–H groups in total. The van der Waals surface area contributed by atoms with Gasteiger partial charge in [-0.25, -0.2) is 0 Å². The molecule has 0 aromatic heterocycles. The van der Waals surface area contributed by atoms with E-state index < -0.39 is 0 Å². The molecule has 0 saturated heterocycles. The molecule has 1 aromatic rings. The number of diazo groups is 1. The zero-order valence-corrected chi connectivity index (χ0v) is 6.03. The van der Waals surface area contributed by atoms with Crippen LogP contribution in [0.15, 0.2) is 24.3 Å². The first-order valence-corrected chi connectivity index (χ1v) is 3.11. The van der Waals surface area contributed by atoms with E-state index in [1.54, 1.807) is 12.1 Å². The lowest BCUT2D eigenvalue weighted by molar-refractivity contribution is 0.490. The van der Waals surface area contributed by atoms with E-state index in [0.717, 1.165) is 5.56 Å². The number of hydrogen-bond acceptors (Lipinski definition) is 2. The third-order valence-corrected chi connectivity index (χ3v) is 1.29. The zero-order chi connectivity index (χ0) is 8.27. The van der Waals surface area contributed by atoms with Gasteiger partial charge >= 0.3 is 5.08 Å². The summed E-state index contributed by atoms with van der Waals surface area (Å²) in [6.45, 7) is 1.83. The van der Waals surface area contributed by atoms with Crippen LogP contribution < -0.4 is 5.23 Å². The smallest absolute Gasteiger partial charge is 0.0596 e. The van der Waals surface area contributed by atoms with Crippen molar-refractivity contribution in [1.82, 2.24) is 0 Å².